The number of carbonyl (C=O) groups is 2. The molecular weight excluding hydrogens is 719 g/mol. The highest BCUT2D eigenvalue weighted by molar-refractivity contribution is 7.89. The Morgan fingerprint density at radius 2 is 1.73 bits per heavy atom. The first-order valence-electron chi connectivity index (χ1n) is 19.3. The van der Waals surface area contributed by atoms with E-state index in [0.717, 1.165) is 48.1 Å². The Kier molecular flexibility index (Phi) is 12.9. The molecule has 0 spiro atoms. The lowest BCUT2D eigenvalue weighted by atomic mass is 9.95. The van der Waals surface area contributed by atoms with Gasteiger partial charge in [-0.05, 0) is 66.5 Å². The number of nitrogens with one attached hydrogen (secondary N) is 1. The summed E-state index contributed by atoms with van der Waals surface area (Å²) in [7, 11) is -2.13. The van der Waals surface area contributed by atoms with E-state index in [1.54, 1.807) is 21.9 Å². The Bertz CT molecular complexity index is 2050. The molecule has 1 aliphatic carbocycles. The van der Waals surface area contributed by atoms with Crippen LogP contribution in [0.1, 0.15) is 62.9 Å². The summed E-state index contributed by atoms with van der Waals surface area (Å²) in [6.07, 6.45) is 4.65. The highest BCUT2D eigenvalue weighted by Crippen LogP contribution is 2.29. The largest absolute Gasteiger partial charge is 0.411 e. The summed E-state index contributed by atoms with van der Waals surface area (Å²) >= 11 is 0. The molecule has 4 atom stereocenters. The van der Waals surface area contributed by atoms with Gasteiger partial charge in [-0.2, -0.15) is 4.31 Å². The van der Waals surface area contributed by atoms with Gasteiger partial charge < -0.3 is 30.0 Å². The maximum Gasteiger partial charge on any atom is 0.321 e. The Morgan fingerprint density at radius 1 is 1.04 bits per heavy atom. The van der Waals surface area contributed by atoms with E-state index in [2.05, 4.69) is 10.5 Å². The van der Waals surface area contributed by atoms with Crippen molar-refractivity contribution in [2.24, 2.45) is 24.0 Å². The molecule has 1 saturated carbocycles. The van der Waals surface area contributed by atoms with Gasteiger partial charge in [-0.3, -0.25) is 4.79 Å². The third-order valence-corrected chi connectivity index (χ3v) is 13.1. The van der Waals surface area contributed by atoms with E-state index in [1.165, 1.54) is 22.7 Å². The quantitative estimate of drug-likeness (QED) is 0.0774. The molecule has 1 saturated heterocycles. The number of aromatic nitrogens is 2. The van der Waals surface area contributed by atoms with Crippen LogP contribution in [0, 0.1) is 11.8 Å². The average molecular weight is 772 g/mol. The second kappa shape index (κ2) is 17.8. The molecule has 4 aromatic rings. The number of aryl methyl sites for hydroxylation is 1. The molecule has 14 heteroatoms. The number of urea groups is 1. The molecule has 2 fully saturated rings. The van der Waals surface area contributed by atoms with Crippen molar-refractivity contribution in [1.82, 2.24) is 29.0 Å². The molecule has 2 aliphatic rings. The van der Waals surface area contributed by atoms with Crippen molar-refractivity contribution in [3.05, 3.63) is 95.8 Å². The number of aliphatic hydroxyl groups is 1. The summed E-state index contributed by atoms with van der Waals surface area (Å²) in [5, 5.41) is 27.1. The standard InChI is InChI=1S/C41H53N7O6S/c1-4-29(2)39(48-23-22-46(41(48)51)28-38-43-34-16-10-11-17-36(34)45(38)3)40(50)44-35(24-30-12-6-5-7-13-30)37(49)27-47(26-32-14-8-9-15-32)55(53,54)33-20-18-31(19-21-33)25-42-52/h5-7,10-13,16-21,25,29,32,35,37,39,49,52H,4,8-9,14-15,22-24,26-28H2,1-3H3,(H,44,50)/b42-25+/t29-,35-,37-,39-/m0/s1. The van der Waals surface area contributed by atoms with Gasteiger partial charge in [0, 0.05) is 33.2 Å². The topological polar surface area (TPSA) is 161 Å². The van der Waals surface area contributed by atoms with Crippen molar-refractivity contribution in [1.29, 1.82) is 0 Å². The monoisotopic (exact) mass is 771 g/mol. The molecule has 0 radical (unpaired) electrons. The van der Waals surface area contributed by atoms with Crippen LogP contribution in [0.25, 0.3) is 11.0 Å². The second-order valence-corrected chi connectivity index (χ2v) is 16.9. The van der Waals surface area contributed by atoms with Crippen LogP contribution in [0.5, 0.6) is 0 Å². The maximum absolute atomic E-state index is 14.5. The van der Waals surface area contributed by atoms with Crippen LogP contribution in [-0.4, -0.2) is 105 Å². The summed E-state index contributed by atoms with van der Waals surface area (Å²) in [4.78, 5) is 36.6. The number of hydrogen-bond donors (Lipinski definition) is 3. The summed E-state index contributed by atoms with van der Waals surface area (Å²) in [6.45, 7) is 5.01. The Hall–Kier alpha value is -4.79. The van der Waals surface area contributed by atoms with Gasteiger partial charge >= 0.3 is 6.03 Å². The lowest BCUT2D eigenvalue weighted by molar-refractivity contribution is -0.128. The van der Waals surface area contributed by atoms with Gasteiger partial charge in [0.2, 0.25) is 15.9 Å². The third kappa shape index (κ3) is 9.20. The minimum Gasteiger partial charge on any atom is -0.411 e. The zero-order valence-electron chi connectivity index (χ0n) is 31.9. The number of sulfonamides is 1. The van der Waals surface area contributed by atoms with Crippen LogP contribution in [-0.2, 0) is 34.8 Å². The predicted molar refractivity (Wildman–Crippen MR) is 211 cm³/mol. The molecule has 3 N–H and O–H groups in total. The van der Waals surface area contributed by atoms with Crippen LogP contribution in [0.3, 0.4) is 0 Å². The molecule has 55 heavy (non-hydrogen) atoms. The average Bonchev–Trinajstić information content (AvgIpc) is 3.91. The van der Waals surface area contributed by atoms with Crippen LogP contribution < -0.4 is 5.32 Å². The molecule has 0 bridgehead atoms. The number of rotatable bonds is 17. The minimum atomic E-state index is -4.06. The fraction of sp³-hybridized carbons (Fsp3) is 0.463. The van der Waals surface area contributed by atoms with E-state index >= 15 is 0 Å². The van der Waals surface area contributed by atoms with E-state index < -0.39 is 34.1 Å². The number of para-hydroxylation sites is 2. The van der Waals surface area contributed by atoms with E-state index in [9.17, 15) is 23.1 Å². The Labute approximate surface area is 323 Å². The smallest absolute Gasteiger partial charge is 0.321 e. The summed E-state index contributed by atoms with van der Waals surface area (Å²) in [6, 6.07) is 21.4. The Balaban J connectivity index is 1.24. The van der Waals surface area contributed by atoms with Gasteiger partial charge in [0.05, 0.1) is 40.8 Å². The second-order valence-electron chi connectivity index (χ2n) is 15.0. The minimum absolute atomic E-state index is 0.0593. The fourth-order valence-electron chi connectivity index (χ4n) is 7.89. The van der Waals surface area contributed by atoms with Gasteiger partial charge in [-0.1, -0.05) is 92.9 Å². The molecule has 0 unspecified atom stereocenters. The highest BCUT2D eigenvalue weighted by Gasteiger charge is 2.41. The SMILES string of the molecule is CC[C@H](C)[C@@H](C(=O)N[C@@H](Cc1ccccc1)[C@@H](O)CN(CC1CCCC1)S(=O)(=O)c1ccc(/C=N/O)cc1)N1CCN(Cc2nc3ccccc3n2C)C1=O. The molecular formula is C41H53N7O6S. The lowest BCUT2D eigenvalue weighted by Gasteiger charge is -2.35. The molecule has 294 valence electrons. The van der Waals surface area contributed by atoms with E-state index in [1.807, 2.05) is 80.1 Å². The number of hydrogen-bond acceptors (Lipinski definition) is 8. The number of oxime groups is 1. The zero-order chi connectivity index (χ0) is 39.1. The summed E-state index contributed by atoms with van der Waals surface area (Å²) in [5.41, 5.74) is 3.23. The zero-order valence-corrected chi connectivity index (χ0v) is 32.7. The van der Waals surface area contributed by atoms with Crippen LogP contribution in [0.2, 0.25) is 0 Å². The van der Waals surface area contributed by atoms with E-state index in [-0.39, 0.29) is 42.3 Å². The first kappa shape index (κ1) is 39.9. The van der Waals surface area contributed by atoms with E-state index in [0.29, 0.717) is 31.6 Å². The van der Waals surface area contributed by atoms with Gasteiger partial charge in [-0.15, -0.1) is 0 Å². The molecule has 3 aromatic carbocycles. The number of carbonyl (C=O) groups excluding carboxylic acids is 2. The predicted octanol–water partition coefficient (Wildman–Crippen LogP) is 5.00. The molecule has 1 aromatic heterocycles. The highest BCUT2D eigenvalue weighted by atomic mass is 32.2. The number of benzene rings is 3. The van der Waals surface area contributed by atoms with Crippen molar-refractivity contribution in [2.45, 2.75) is 82.0 Å². The summed E-state index contributed by atoms with van der Waals surface area (Å²) < 4.78 is 31.7. The first-order chi connectivity index (χ1) is 26.5. The Morgan fingerprint density at radius 3 is 2.40 bits per heavy atom. The van der Waals surface area contributed by atoms with Crippen LogP contribution in [0.15, 0.2) is 88.9 Å². The summed E-state index contributed by atoms with van der Waals surface area (Å²) in [5.74, 6) is 0.304. The van der Waals surface area contributed by atoms with Crippen LogP contribution in [0.4, 0.5) is 4.79 Å². The normalized spacial score (nSPS) is 17.7. The van der Waals surface area contributed by atoms with Crippen molar-refractivity contribution >= 4 is 39.2 Å². The number of fused-ring (bicyclic) bond motifs is 1. The maximum atomic E-state index is 14.5. The number of aliphatic hydroxyl groups excluding tert-OH is 1. The molecule has 1 aliphatic heterocycles. The lowest BCUT2D eigenvalue weighted by Crippen LogP contribution is -2.57. The van der Waals surface area contributed by atoms with Gasteiger partial charge in [-0.25, -0.2) is 18.2 Å². The molecule has 3 amide bonds. The van der Waals surface area contributed by atoms with Crippen molar-refractivity contribution in [3.63, 3.8) is 0 Å². The van der Waals surface area contributed by atoms with E-state index in [4.69, 9.17) is 10.2 Å². The molecule has 13 nitrogen and oxygen atoms in total. The van der Waals surface area contributed by atoms with Gasteiger partial charge in [0.1, 0.15) is 11.9 Å². The van der Waals surface area contributed by atoms with Gasteiger partial charge in [0.15, 0.2) is 0 Å². The van der Waals surface area contributed by atoms with Gasteiger partial charge in [0.25, 0.3) is 0 Å². The number of amides is 3. The van der Waals surface area contributed by atoms with Crippen molar-refractivity contribution in [2.75, 3.05) is 26.2 Å². The van der Waals surface area contributed by atoms with Crippen LogP contribution >= 0.6 is 0 Å². The number of nitrogens with zero attached hydrogens (tertiary/aromatic N) is 6. The van der Waals surface area contributed by atoms with Crippen molar-refractivity contribution < 1.29 is 28.3 Å². The number of imidazole rings is 1. The first-order valence-corrected chi connectivity index (χ1v) is 20.7. The van der Waals surface area contributed by atoms with Crippen molar-refractivity contribution in [3.8, 4) is 0 Å². The third-order valence-electron chi connectivity index (χ3n) is 11.3. The molecule has 2 heterocycles. The molecule has 6 rings (SSSR count). The fourth-order valence-corrected chi connectivity index (χ4v) is 9.43.